The molecule has 0 spiro atoms. The van der Waals surface area contributed by atoms with E-state index in [2.05, 4.69) is 0 Å². The largest absolute Gasteiger partial charge is 0.401 e. The van der Waals surface area contributed by atoms with Crippen LogP contribution in [0.2, 0.25) is 10.0 Å². The molecule has 1 rings (SSSR count). The van der Waals surface area contributed by atoms with Gasteiger partial charge in [-0.05, 0) is 31.0 Å². The number of rotatable bonds is 7. The highest BCUT2D eigenvalue weighted by Crippen LogP contribution is 2.30. The Morgan fingerprint density at radius 2 is 1.90 bits per heavy atom. The molecule has 0 aromatic heterocycles. The molecule has 1 aromatic rings. The van der Waals surface area contributed by atoms with Gasteiger partial charge in [0.2, 0.25) is 0 Å². The van der Waals surface area contributed by atoms with E-state index in [-0.39, 0.29) is 6.54 Å². The lowest BCUT2D eigenvalue weighted by Crippen LogP contribution is -2.36. The lowest BCUT2D eigenvalue weighted by molar-refractivity contribution is -0.146. The minimum absolute atomic E-state index is 0.261. The summed E-state index contributed by atoms with van der Waals surface area (Å²) in [5.74, 6) is 0. The van der Waals surface area contributed by atoms with Crippen LogP contribution in [0.1, 0.15) is 31.4 Å². The first-order valence-electron chi connectivity index (χ1n) is 6.73. The zero-order chi connectivity index (χ0) is 16.0. The number of nitrogens with zero attached hydrogens (tertiary/aromatic N) is 1. The van der Waals surface area contributed by atoms with Gasteiger partial charge in [-0.3, -0.25) is 4.90 Å². The quantitative estimate of drug-likeness (QED) is 0.780. The van der Waals surface area contributed by atoms with Crippen LogP contribution < -0.4 is 5.73 Å². The molecule has 1 atom stereocenters. The summed E-state index contributed by atoms with van der Waals surface area (Å²) in [4.78, 5) is 1.36. The van der Waals surface area contributed by atoms with Crippen LogP contribution in [0.5, 0.6) is 0 Å². The Balaban J connectivity index is 2.64. The van der Waals surface area contributed by atoms with E-state index in [0.717, 1.165) is 0 Å². The molecule has 0 saturated carbocycles. The molecule has 0 aliphatic rings. The van der Waals surface area contributed by atoms with Gasteiger partial charge in [-0.15, -0.1) is 0 Å². The summed E-state index contributed by atoms with van der Waals surface area (Å²) < 4.78 is 37.4. The van der Waals surface area contributed by atoms with Crippen LogP contribution >= 0.6 is 23.2 Å². The Kier molecular flexibility index (Phi) is 7.27. The SMILES string of the molecule is CCCN(CCC(N)c1cccc(Cl)c1Cl)CC(F)(F)F. The maximum atomic E-state index is 12.5. The smallest absolute Gasteiger partial charge is 0.324 e. The minimum atomic E-state index is -4.20. The van der Waals surface area contributed by atoms with Crippen LogP contribution in [-0.2, 0) is 0 Å². The lowest BCUT2D eigenvalue weighted by atomic mass is 10.0. The normalized spacial score (nSPS) is 13.7. The molecule has 0 amide bonds. The molecular weight excluding hydrogens is 324 g/mol. The zero-order valence-corrected chi connectivity index (χ0v) is 13.3. The molecule has 0 radical (unpaired) electrons. The fraction of sp³-hybridized carbons (Fsp3) is 0.571. The van der Waals surface area contributed by atoms with Crippen LogP contribution in [0.25, 0.3) is 0 Å². The van der Waals surface area contributed by atoms with Gasteiger partial charge in [0.15, 0.2) is 0 Å². The molecule has 0 aliphatic carbocycles. The molecule has 1 unspecified atom stereocenters. The van der Waals surface area contributed by atoms with Crippen molar-refractivity contribution < 1.29 is 13.2 Å². The predicted octanol–water partition coefficient (Wildman–Crippen LogP) is 4.66. The van der Waals surface area contributed by atoms with Crippen molar-refractivity contribution in [3.05, 3.63) is 33.8 Å². The van der Waals surface area contributed by atoms with Gasteiger partial charge >= 0.3 is 6.18 Å². The van der Waals surface area contributed by atoms with E-state index in [1.54, 1.807) is 18.2 Å². The van der Waals surface area contributed by atoms with E-state index < -0.39 is 18.8 Å². The Hall–Kier alpha value is -0.490. The van der Waals surface area contributed by atoms with Crippen molar-refractivity contribution in [1.29, 1.82) is 0 Å². The van der Waals surface area contributed by atoms with Crippen molar-refractivity contribution in [3.63, 3.8) is 0 Å². The van der Waals surface area contributed by atoms with E-state index in [9.17, 15) is 13.2 Å². The van der Waals surface area contributed by atoms with Crippen LogP contribution in [0.3, 0.4) is 0 Å². The second kappa shape index (κ2) is 8.22. The highest BCUT2D eigenvalue weighted by atomic mass is 35.5. The fourth-order valence-corrected chi connectivity index (χ4v) is 2.57. The molecule has 2 N–H and O–H groups in total. The number of benzene rings is 1. The maximum Gasteiger partial charge on any atom is 0.401 e. The molecule has 21 heavy (non-hydrogen) atoms. The molecule has 1 aromatic carbocycles. The van der Waals surface area contributed by atoms with Gasteiger partial charge < -0.3 is 5.73 Å². The lowest BCUT2D eigenvalue weighted by Gasteiger charge is -2.25. The second-order valence-corrected chi connectivity index (χ2v) is 5.71. The van der Waals surface area contributed by atoms with Crippen molar-refractivity contribution in [3.8, 4) is 0 Å². The predicted molar refractivity (Wildman–Crippen MR) is 80.8 cm³/mol. The van der Waals surface area contributed by atoms with E-state index in [1.807, 2.05) is 6.92 Å². The minimum Gasteiger partial charge on any atom is -0.324 e. The standard InChI is InChI=1S/C14H19Cl2F3N2/c1-2-7-21(9-14(17,18)19)8-6-12(20)10-4-3-5-11(15)13(10)16/h3-5,12H,2,6-9,20H2,1H3. The highest BCUT2D eigenvalue weighted by Gasteiger charge is 2.30. The monoisotopic (exact) mass is 342 g/mol. The highest BCUT2D eigenvalue weighted by molar-refractivity contribution is 6.42. The van der Waals surface area contributed by atoms with Crippen molar-refractivity contribution in [2.75, 3.05) is 19.6 Å². The third kappa shape index (κ3) is 6.43. The number of halogens is 5. The van der Waals surface area contributed by atoms with Gasteiger partial charge in [0.25, 0.3) is 0 Å². The zero-order valence-electron chi connectivity index (χ0n) is 11.8. The summed E-state index contributed by atoms with van der Waals surface area (Å²) in [6, 6.07) is 4.67. The number of hydrogen-bond donors (Lipinski definition) is 1. The summed E-state index contributed by atoms with van der Waals surface area (Å²) in [6.07, 6.45) is -3.16. The van der Waals surface area contributed by atoms with E-state index in [0.29, 0.717) is 35.0 Å². The van der Waals surface area contributed by atoms with E-state index >= 15 is 0 Å². The molecule has 0 saturated heterocycles. The molecule has 0 bridgehead atoms. The van der Waals surface area contributed by atoms with E-state index in [1.165, 1.54) is 4.90 Å². The van der Waals surface area contributed by atoms with Crippen molar-refractivity contribution in [2.24, 2.45) is 5.73 Å². The second-order valence-electron chi connectivity index (χ2n) is 4.93. The molecule has 0 fully saturated rings. The first-order valence-corrected chi connectivity index (χ1v) is 7.48. The van der Waals surface area contributed by atoms with E-state index in [4.69, 9.17) is 28.9 Å². The van der Waals surface area contributed by atoms with Gasteiger partial charge in [-0.1, -0.05) is 42.3 Å². The molecule has 2 nitrogen and oxygen atoms in total. The molecule has 0 aliphatic heterocycles. The maximum absolute atomic E-state index is 12.5. The summed E-state index contributed by atoms with van der Waals surface area (Å²) >= 11 is 12.0. The number of hydrogen-bond acceptors (Lipinski definition) is 2. The topological polar surface area (TPSA) is 29.3 Å². The fourth-order valence-electron chi connectivity index (χ4n) is 2.12. The average Bonchev–Trinajstić information content (AvgIpc) is 2.37. The van der Waals surface area contributed by atoms with Gasteiger partial charge in [0, 0.05) is 12.6 Å². The summed E-state index contributed by atoms with van der Waals surface area (Å²) in [5.41, 5.74) is 6.68. The molecule has 7 heteroatoms. The van der Waals surface area contributed by atoms with Crippen molar-refractivity contribution >= 4 is 23.2 Å². The Morgan fingerprint density at radius 1 is 1.24 bits per heavy atom. The van der Waals surface area contributed by atoms with Crippen LogP contribution in [0.15, 0.2) is 18.2 Å². The van der Waals surface area contributed by atoms with Crippen LogP contribution in [0, 0.1) is 0 Å². The van der Waals surface area contributed by atoms with Crippen molar-refractivity contribution in [2.45, 2.75) is 32.0 Å². The number of alkyl halides is 3. The summed E-state index contributed by atoms with van der Waals surface area (Å²) in [7, 11) is 0. The summed E-state index contributed by atoms with van der Waals surface area (Å²) in [6.45, 7) is 1.57. The molecule has 0 heterocycles. The Bertz CT molecular complexity index is 452. The van der Waals surface area contributed by atoms with Gasteiger partial charge in [0.1, 0.15) is 0 Å². The third-order valence-electron chi connectivity index (χ3n) is 3.08. The van der Waals surface area contributed by atoms with Gasteiger partial charge in [-0.25, -0.2) is 0 Å². The molecular formula is C14H19Cl2F3N2. The number of nitrogens with two attached hydrogens (primary N) is 1. The molecule has 120 valence electrons. The third-order valence-corrected chi connectivity index (χ3v) is 3.91. The van der Waals surface area contributed by atoms with Crippen LogP contribution in [-0.4, -0.2) is 30.7 Å². The first-order chi connectivity index (χ1) is 9.74. The Morgan fingerprint density at radius 3 is 2.48 bits per heavy atom. The Labute approximate surface area is 133 Å². The first kappa shape index (κ1) is 18.6. The van der Waals surface area contributed by atoms with Crippen molar-refractivity contribution in [1.82, 2.24) is 4.90 Å². The van der Waals surface area contributed by atoms with Gasteiger partial charge in [-0.2, -0.15) is 13.2 Å². The summed E-state index contributed by atoms with van der Waals surface area (Å²) in [5, 5.41) is 0.759. The average molecular weight is 343 g/mol. The van der Waals surface area contributed by atoms with Gasteiger partial charge in [0.05, 0.1) is 16.6 Å². The van der Waals surface area contributed by atoms with Crippen LogP contribution in [0.4, 0.5) is 13.2 Å².